The lowest BCUT2D eigenvalue weighted by Crippen LogP contribution is -2.33. The van der Waals surface area contributed by atoms with E-state index in [0.29, 0.717) is 5.92 Å². The van der Waals surface area contributed by atoms with Crippen LogP contribution >= 0.6 is 31.9 Å². The van der Waals surface area contributed by atoms with Crippen molar-refractivity contribution in [2.24, 2.45) is 11.3 Å². The number of halogens is 2. The van der Waals surface area contributed by atoms with E-state index in [1.54, 1.807) is 0 Å². The van der Waals surface area contributed by atoms with Crippen molar-refractivity contribution in [3.63, 3.8) is 0 Å². The molecule has 0 bridgehead atoms. The number of rotatable bonds is 5. The maximum atomic E-state index is 3.73. The molecule has 0 unspecified atom stereocenters. The minimum absolute atomic E-state index is 0.268. The van der Waals surface area contributed by atoms with Gasteiger partial charge >= 0.3 is 0 Å². The Bertz CT molecular complexity index is 536. The fourth-order valence-corrected chi connectivity index (χ4v) is 5.09. The quantitative estimate of drug-likeness (QED) is 0.571. The van der Waals surface area contributed by atoms with Crippen molar-refractivity contribution in [2.75, 3.05) is 10.7 Å². The summed E-state index contributed by atoms with van der Waals surface area (Å²) in [5.74, 6) is 0.630. The van der Waals surface area contributed by atoms with E-state index in [-0.39, 0.29) is 5.41 Å². The molecule has 2 heteroatoms. The first-order valence-corrected chi connectivity index (χ1v) is 8.96. The van der Waals surface area contributed by atoms with E-state index in [2.05, 4.69) is 88.2 Å². The molecule has 0 heterocycles. The number of alkyl halides is 2. The molecular weight excluding hydrogens is 364 g/mol. The van der Waals surface area contributed by atoms with Crippen molar-refractivity contribution in [3.8, 4) is 0 Å². The van der Waals surface area contributed by atoms with Crippen molar-refractivity contribution >= 4 is 42.6 Å². The molecule has 0 N–H and O–H groups in total. The minimum atomic E-state index is 0.268. The summed E-state index contributed by atoms with van der Waals surface area (Å²) in [6, 6.07) is 15.3. The summed E-state index contributed by atoms with van der Waals surface area (Å²) >= 11 is 7.45. The highest BCUT2D eigenvalue weighted by Gasteiger charge is 2.32. The lowest BCUT2D eigenvalue weighted by atomic mass is 9.75. The van der Waals surface area contributed by atoms with Crippen LogP contribution in [-0.4, -0.2) is 10.7 Å². The summed E-state index contributed by atoms with van der Waals surface area (Å²) in [7, 11) is 0. The maximum absolute atomic E-state index is 3.73. The van der Waals surface area contributed by atoms with E-state index in [1.807, 2.05) is 0 Å². The molecule has 2 aromatic carbocycles. The van der Waals surface area contributed by atoms with Crippen LogP contribution in [0.2, 0.25) is 0 Å². The maximum Gasteiger partial charge on any atom is 0.0102 e. The third-order valence-corrected chi connectivity index (χ3v) is 6.41. The van der Waals surface area contributed by atoms with Gasteiger partial charge in [-0.05, 0) is 34.1 Å². The monoisotopic (exact) mass is 382 g/mol. The topological polar surface area (TPSA) is 0 Å². The molecule has 0 aliphatic heterocycles. The Hall–Kier alpha value is -0.340. The summed E-state index contributed by atoms with van der Waals surface area (Å²) in [5.41, 5.74) is 1.72. The molecule has 0 spiro atoms. The zero-order chi connectivity index (χ0) is 13.9. The van der Waals surface area contributed by atoms with Gasteiger partial charge < -0.3 is 0 Å². The Morgan fingerprint density at radius 3 is 2.21 bits per heavy atom. The van der Waals surface area contributed by atoms with Gasteiger partial charge in [0.15, 0.2) is 0 Å². The van der Waals surface area contributed by atoms with E-state index in [4.69, 9.17) is 0 Å². The molecule has 2 rings (SSSR count). The molecule has 0 aliphatic rings. The van der Waals surface area contributed by atoms with Gasteiger partial charge in [-0.3, -0.25) is 0 Å². The van der Waals surface area contributed by atoms with Gasteiger partial charge in [-0.15, -0.1) is 0 Å². The minimum Gasteiger partial charge on any atom is -0.0921 e. The first-order chi connectivity index (χ1) is 9.13. The second-order valence-corrected chi connectivity index (χ2v) is 6.72. The Kier molecular flexibility index (Phi) is 5.08. The third-order valence-electron chi connectivity index (χ3n) is 4.18. The van der Waals surface area contributed by atoms with E-state index in [1.165, 1.54) is 16.3 Å². The molecule has 0 nitrogen and oxygen atoms in total. The Labute approximate surface area is 132 Å². The smallest absolute Gasteiger partial charge is 0.0102 e. The lowest BCUT2D eigenvalue weighted by molar-refractivity contribution is 0.268. The van der Waals surface area contributed by atoms with E-state index in [0.717, 1.165) is 17.1 Å². The van der Waals surface area contributed by atoms with Gasteiger partial charge in [0.05, 0.1) is 0 Å². The molecule has 0 aromatic heterocycles. The average molecular weight is 384 g/mol. The molecule has 0 fully saturated rings. The molecule has 0 saturated heterocycles. The molecule has 0 atom stereocenters. The van der Waals surface area contributed by atoms with Crippen LogP contribution < -0.4 is 0 Å². The van der Waals surface area contributed by atoms with Crippen LogP contribution in [0.1, 0.15) is 19.4 Å². The molecular formula is C17H20Br2. The normalized spacial score (nSPS) is 12.3. The Morgan fingerprint density at radius 2 is 1.58 bits per heavy atom. The molecule has 102 valence electrons. The van der Waals surface area contributed by atoms with Crippen LogP contribution in [-0.2, 0) is 6.42 Å². The van der Waals surface area contributed by atoms with Gasteiger partial charge in [0, 0.05) is 10.7 Å². The predicted molar refractivity (Wildman–Crippen MR) is 92.5 cm³/mol. The van der Waals surface area contributed by atoms with Crippen molar-refractivity contribution in [3.05, 3.63) is 48.0 Å². The van der Waals surface area contributed by atoms with Crippen molar-refractivity contribution in [2.45, 2.75) is 20.3 Å². The number of hydrogen-bond donors (Lipinski definition) is 0. The zero-order valence-corrected chi connectivity index (χ0v) is 14.7. The van der Waals surface area contributed by atoms with Gasteiger partial charge in [0.2, 0.25) is 0 Å². The molecule has 0 saturated carbocycles. The van der Waals surface area contributed by atoms with E-state index >= 15 is 0 Å². The van der Waals surface area contributed by atoms with Gasteiger partial charge in [0.25, 0.3) is 0 Å². The van der Waals surface area contributed by atoms with Crippen LogP contribution in [0.15, 0.2) is 42.5 Å². The third kappa shape index (κ3) is 3.05. The van der Waals surface area contributed by atoms with Crippen LogP contribution in [0.5, 0.6) is 0 Å². The van der Waals surface area contributed by atoms with Gasteiger partial charge in [-0.1, -0.05) is 88.2 Å². The van der Waals surface area contributed by atoms with Crippen LogP contribution in [0.4, 0.5) is 0 Å². The highest BCUT2D eigenvalue weighted by Crippen LogP contribution is 2.37. The molecule has 19 heavy (non-hydrogen) atoms. The average Bonchev–Trinajstić information content (AvgIpc) is 2.44. The summed E-state index contributed by atoms with van der Waals surface area (Å²) in [5, 5.41) is 4.76. The van der Waals surface area contributed by atoms with Gasteiger partial charge in [-0.25, -0.2) is 0 Å². The van der Waals surface area contributed by atoms with Crippen molar-refractivity contribution in [1.82, 2.24) is 0 Å². The van der Waals surface area contributed by atoms with E-state index < -0.39 is 0 Å². The molecule has 2 aromatic rings. The second kappa shape index (κ2) is 6.41. The Morgan fingerprint density at radius 1 is 0.947 bits per heavy atom. The predicted octanol–water partition coefficient (Wildman–Crippen LogP) is 5.81. The Balaban J connectivity index is 2.45. The van der Waals surface area contributed by atoms with Crippen LogP contribution in [0.25, 0.3) is 10.8 Å². The summed E-state index contributed by atoms with van der Waals surface area (Å²) in [4.78, 5) is 0. The second-order valence-electron chi connectivity index (χ2n) is 5.60. The number of hydrogen-bond acceptors (Lipinski definition) is 0. The van der Waals surface area contributed by atoms with Gasteiger partial charge in [-0.2, -0.15) is 0 Å². The van der Waals surface area contributed by atoms with Crippen LogP contribution in [0, 0.1) is 11.3 Å². The summed E-state index contributed by atoms with van der Waals surface area (Å²) < 4.78 is 0. The first kappa shape index (κ1) is 15.1. The highest BCUT2D eigenvalue weighted by atomic mass is 79.9. The largest absolute Gasteiger partial charge is 0.0921 e. The van der Waals surface area contributed by atoms with E-state index in [9.17, 15) is 0 Å². The highest BCUT2D eigenvalue weighted by molar-refractivity contribution is 9.09. The fourth-order valence-electron chi connectivity index (χ4n) is 2.47. The first-order valence-electron chi connectivity index (χ1n) is 6.71. The fraction of sp³-hybridized carbons (Fsp3) is 0.412. The lowest BCUT2D eigenvalue weighted by Gasteiger charge is -2.35. The van der Waals surface area contributed by atoms with Crippen molar-refractivity contribution in [1.29, 1.82) is 0 Å². The summed E-state index contributed by atoms with van der Waals surface area (Å²) in [6.07, 6.45) is 1.10. The standard InChI is InChI=1S/C17H20Br2/c1-13(2)17(11-18,12-19)10-15-8-5-7-14-6-3-4-9-16(14)15/h3-9,13H,10-12H2,1-2H3. The van der Waals surface area contributed by atoms with Crippen molar-refractivity contribution < 1.29 is 0 Å². The molecule has 0 amide bonds. The number of fused-ring (bicyclic) bond motifs is 1. The summed E-state index contributed by atoms with van der Waals surface area (Å²) in [6.45, 7) is 4.63. The molecule has 0 aliphatic carbocycles. The number of benzene rings is 2. The SMILES string of the molecule is CC(C)C(CBr)(CBr)Cc1cccc2ccccc12. The van der Waals surface area contributed by atoms with Crippen LogP contribution in [0.3, 0.4) is 0 Å². The molecule has 0 radical (unpaired) electrons. The van der Waals surface area contributed by atoms with Gasteiger partial charge in [0.1, 0.15) is 0 Å². The zero-order valence-electron chi connectivity index (χ0n) is 11.5.